The van der Waals surface area contributed by atoms with E-state index in [-0.39, 0.29) is 41.1 Å². The van der Waals surface area contributed by atoms with E-state index >= 15 is 0 Å². The normalized spacial score (nSPS) is 11.6. The first-order valence-electron chi connectivity index (χ1n) is 13.4. The van der Waals surface area contributed by atoms with Gasteiger partial charge in [0.15, 0.2) is 11.0 Å². The van der Waals surface area contributed by atoms with E-state index in [2.05, 4.69) is 20.8 Å². The van der Waals surface area contributed by atoms with Crippen LogP contribution in [0.5, 0.6) is 0 Å². The molecule has 0 spiro atoms. The molecule has 0 aliphatic heterocycles. The minimum absolute atomic E-state index is 0.118. The van der Waals surface area contributed by atoms with Crippen LogP contribution in [0.15, 0.2) is 46.9 Å². The molecule has 0 saturated heterocycles. The van der Waals surface area contributed by atoms with E-state index < -0.39 is 23.1 Å². The maximum Gasteiger partial charge on any atom is 0.348 e. The van der Waals surface area contributed by atoms with E-state index in [9.17, 15) is 19.2 Å². The van der Waals surface area contributed by atoms with Crippen molar-refractivity contribution in [2.24, 2.45) is 0 Å². The largest absolute Gasteiger partial charge is 0.462 e. The summed E-state index contributed by atoms with van der Waals surface area (Å²) in [6.45, 7) is 9.06. The number of amides is 2. The molecule has 11 nitrogen and oxygen atoms in total. The van der Waals surface area contributed by atoms with Crippen LogP contribution < -0.4 is 10.6 Å². The van der Waals surface area contributed by atoms with Crippen LogP contribution in [0.25, 0.3) is 5.69 Å². The number of nitrogens with one attached hydrogen (secondary N) is 2. The first-order chi connectivity index (χ1) is 20.6. The fourth-order valence-corrected chi connectivity index (χ4v) is 6.66. The Kier molecular flexibility index (Phi) is 10.7. The average molecular weight is 642 g/mol. The third kappa shape index (κ3) is 7.50. The van der Waals surface area contributed by atoms with Crippen LogP contribution in [0.1, 0.15) is 67.4 Å². The van der Waals surface area contributed by atoms with Crippen LogP contribution in [0.3, 0.4) is 0 Å². The van der Waals surface area contributed by atoms with Crippen molar-refractivity contribution in [2.75, 3.05) is 18.5 Å². The fraction of sp³-hybridized carbons (Fsp3) is 0.310. The van der Waals surface area contributed by atoms with Crippen molar-refractivity contribution < 1.29 is 28.7 Å². The number of hydrogen-bond acceptors (Lipinski definition) is 11. The highest BCUT2D eigenvalue weighted by molar-refractivity contribution is 8.00. The molecule has 0 fully saturated rings. The van der Waals surface area contributed by atoms with Gasteiger partial charge in [-0.1, -0.05) is 30.0 Å². The minimum Gasteiger partial charge on any atom is -0.462 e. The van der Waals surface area contributed by atoms with Crippen LogP contribution in [-0.2, 0) is 20.8 Å². The lowest BCUT2D eigenvalue weighted by molar-refractivity contribution is -0.115. The molecular weight excluding hydrogens is 611 g/mol. The van der Waals surface area contributed by atoms with Gasteiger partial charge in [-0.2, -0.15) is 0 Å². The molecule has 0 aliphatic carbocycles. The second kappa shape index (κ2) is 14.4. The number of aromatic nitrogens is 3. The Morgan fingerprint density at radius 3 is 2.44 bits per heavy atom. The Balaban J connectivity index is 1.59. The van der Waals surface area contributed by atoms with Crippen molar-refractivity contribution in [3.63, 3.8) is 0 Å². The number of rotatable bonds is 12. The lowest BCUT2D eigenvalue weighted by atomic mass is 10.1. The Labute approximate surface area is 261 Å². The molecule has 0 radical (unpaired) electrons. The summed E-state index contributed by atoms with van der Waals surface area (Å²) in [4.78, 5) is 52.1. The molecule has 4 aromatic rings. The maximum absolute atomic E-state index is 13.4. The predicted molar refractivity (Wildman–Crippen MR) is 167 cm³/mol. The number of aryl methyl sites for hydroxylation is 1. The monoisotopic (exact) mass is 641 g/mol. The van der Waals surface area contributed by atoms with Crippen LogP contribution in [0, 0.1) is 13.8 Å². The Hall–Kier alpha value is -4.01. The highest BCUT2D eigenvalue weighted by Gasteiger charge is 2.29. The lowest BCUT2D eigenvalue weighted by Crippen LogP contribution is -2.25. The van der Waals surface area contributed by atoms with E-state index in [1.54, 1.807) is 44.4 Å². The molecule has 4 rings (SSSR count). The summed E-state index contributed by atoms with van der Waals surface area (Å²) in [5, 5.41) is 16.1. The summed E-state index contributed by atoms with van der Waals surface area (Å²) in [5.74, 6) is -1.37. The summed E-state index contributed by atoms with van der Waals surface area (Å²) in [6.07, 6.45) is 0. The number of thioether (sulfide) groups is 1. The van der Waals surface area contributed by atoms with Crippen molar-refractivity contribution in [2.45, 2.75) is 51.6 Å². The summed E-state index contributed by atoms with van der Waals surface area (Å²) in [6, 6.07) is 11.3. The van der Waals surface area contributed by atoms with E-state index in [0.29, 0.717) is 21.4 Å². The number of benzene rings is 1. The van der Waals surface area contributed by atoms with Gasteiger partial charge in [0.25, 0.3) is 5.91 Å². The first kappa shape index (κ1) is 31.9. The van der Waals surface area contributed by atoms with Gasteiger partial charge in [-0.3, -0.25) is 14.2 Å². The van der Waals surface area contributed by atoms with Crippen LogP contribution in [0.2, 0.25) is 0 Å². The number of ether oxygens (including phenoxy) is 2. The van der Waals surface area contributed by atoms with E-state index in [1.807, 2.05) is 36.6 Å². The number of nitrogens with zero attached hydrogens (tertiary/aromatic N) is 3. The molecule has 14 heteroatoms. The van der Waals surface area contributed by atoms with Gasteiger partial charge in [0.1, 0.15) is 9.88 Å². The van der Waals surface area contributed by atoms with Crippen molar-refractivity contribution in [1.29, 1.82) is 0 Å². The number of carbonyl (C=O) groups excluding carboxylic acids is 4. The van der Waals surface area contributed by atoms with E-state index in [4.69, 9.17) is 9.47 Å². The van der Waals surface area contributed by atoms with Crippen molar-refractivity contribution in [3.8, 4) is 5.69 Å². The van der Waals surface area contributed by atoms with Gasteiger partial charge in [-0.15, -0.1) is 32.9 Å². The highest BCUT2D eigenvalue weighted by atomic mass is 32.2. The Bertz CT molecular complexity index is 1630. The lowest BCUT2D eigenvalue weighted by Gasteiger charge is -2.14. The van der Waals surface area contributed by atoms with Gasteiger partial charge < -0.3 is 20.1 Å². The summed E-state index contributed by atoms with van der Waals surface area (Å²) >= 11 is 3.47. The third-order valence-corrected chi connectivity index (χ3v) is 9.19. The van der Waals surface area contributed by atoms with Crippen molar-refractivity contribution >= 4 is 63.2 Å². The van der Waals surface area contributed by atoms with Crippen LogP contribution >= 0.6 is 34.4 Å². The third-order valence-electron chi connectivity index (χ3n) is 6.09. The Morgan fingerprint density at radius 1 is 1.02 bits per heavy atom. The molecular formula is C29H31N5O6S3. The quantitative estimate of drug-likeness (QED) is 0.153. The summed E-state index contributed by atoms with van der Waals surface area (Å²) < 4.78 is 12.1. The summed E-state index contributed by atoms with van der Waals surface area (Å²) in [5.41, 5.74) is 2.29. The smallest absolute Gasteiger partial charge is 0.348 e. The molecule has 1 aromatic carbocycles. The minimum atomic E-state index is -0.690. The second-order valence-corrected chi connectivity index (χ2v) is 12.5. The highest BCUT2D eigenvalue weighted by Crippen LogP contribution is 2.35. The Morgan fingerprint density at radius 2 is 1.77 bits per heavy atom. The van der Waals surface area contributed by atoms with Gasteiger partial charge in [0, 0.05) is 5.69 Å². The maximum atomic E-state index is 13.4. The second-order valence-electron chi connectivity index (χ2n) is 9.18. The molecule has 3 aromatic heterocycles. The van der Waals surface area contributed by atoms with Crippen LogP contribution in [0.4, 0.5) is 5.00 Å². The molecule has 2 N–H and O–H groups in total. The van der Waals surface area contributed by atoms with E-state index in [0.717, 1.165) is 34.3 Å². The molecule has 43 heavy (non-hydrogen) atoms. The van der Waals surface area contributed by atoms with Crippen molar-refractivity contribution in [1.82, 2.24) is 20.1 Å². The average Bonchev–Trinajstić information content (AvgIpc) is 3.71. The molecule has 1 unspecified atom stereocenters. The molecule has 0 bridgehead atoms. The standard InChI is InChI=1S/C29H31N5O6S3/c1-6-39-27(37)22-17(4)23(28(38)40-7-2)43-26(22)31-24(35)18(5)42-29-33-32-21(15-30-25(36)20-12-9-13-41-20)34(29)19-11-8-10-16(3)14-19/h8-14,18H,6-7,15H2,1-5H3,(H,30,36)(H,31,35). The van der Waals surface area contributed by atoms with Crippen molar-refractivity contribution in [3.05, 3.63) is 74.0 Å². The van der Waals surface area contributed by atoms with Gasteiger partial charge in [0.05, 0.1) is 35.4 Å². The van der Waals surface area contributed by atoms with Gasteiger partial charge in [-0.05, 0) is 69.3 Å². The fourth-order valence-electron chi connectivity index (χ4n) is 4.04. The predicted octanol–water partition coefficient (Wildman–Crippen LogP) is 5.41. The van der Waals surface area contributed by atoms with Gasteiger partial charge in [-0.25, -0.2) is 9.59 Å². The molecule has 3 heterocycles. The van der Waals surface area contributed by atoms with Gasteiger partial charge >= 0.3 is 11.9 Å². The zero-order chi connectivity index (χ0) is 31.1. The topological polar surface area (TPSA) is 142 Å². The first-order valence-corrected chi connectivity index (χ1v) is 16.0. The van der Waals surface area contributed by atoms with Gasteiger partial charge in [0.2, 0.25) is 5.91 Å². The zero-order valence-corrected chi connectivity index (χ0v) is 26.7. The number of esters is 2. The molecule has 1 atom stereocenters. The van der Waals surface area contributed by atoms with Crippen LogP contribution in [-0.4, -0.2) is 57.0 Å². The SMILES string of the molecule is CCOC(=O)c1sc(NC(=O)C(C)Sc2nnc(CNC(=O)c3cccs3)n2-c2cccc(C)c2)c(C(=O)OCC)c1C. The molecule has 0 saturated carbocycles. The summed E-state index contributed by atoms with van der Waals surface area (Å²) in [7, 11) is 0. The van der Waals surface area contributed by atoms with E-state index in [1.165, 1.54) is 11.3 Å². The number of hydrogen-bond donors (Lipinski definition) is 2. The molecule has 0 aliphatic rings. The molecule has 2 amide bonds. The molecule has 226 valence electrons. The number of anilines is 1. The zero-order valence-electron chi connectivity index (χ0n) is 24.3. The number of thiophene rings is 2. The number of carbonyl (C=O) groups is 4.